The number of amides is 2. The zero-order valence-corrected chi connectivity index (χ0v) is 28.1. The number of ether oxygens (including phenoxy) is 1. The first kappa shape index (κ1) is 35.0. The maximum atomic E-state index is 14.4. The molecule has 246 valence electrons. The monoisotopic (exact) mass is 690 g/mol. The zero-order valence-electron chi connectivity index (χ0n) is 25.7. The quantitative estimate of drug-likeness (QED) is 0.164. The highest BCUT2D eigenvalue weighted by atomic mass is 35.5. The van der Waals surface area contributed by atoms with E-state index in [1.807, 2.05) is 0 Å². The van der Waals surface area contributed by atoms with Crippen LogP contribution in [0.4, 0.5) is 11.4 Å². The lowest BCUT2D eigenvalue weighted by molar-refractivity contribution is -0.385. The summed E-state index contributed by atoms with van der Waals surface area (Å²) in [7, 11) is -3.29. The minimum Gasteiger partial charge on any atom is -0.495 e. The lowest BCUT2D eigenvalue weighted by atomic mass is 10.1. The molecule has 1 fully saturated rings. The number of carbonyl (C=O) groups excluding carboxylic acids is 2. The van der Waals surface area contributed by atoms with Crippen LogP contribution in [0, 0.1) is 17.0 Å². The van der Waals surface area contributed by atoms with Crippen LogP contribution in [0.25, 0.3) is 0 Å². The lowest BCUT2D eigenvalue weighted by Crippen LogP contribution is -2.53. The topological polar surface area (TPSA) is 139 Å². The molecule has 3 aromatic rings. The molecular formula is C32H36Cl2N4O7S. The highest BCUT2D eigenvalue weighted by Gasteiger charge is 2.36. The summed E-state index contributed by atoms with van der Waals surface area (Å²) in [5.41, 5.74) is 0.486. The number of nitrogens with zero attached hydrogens (tertiary/aromatic N) is 3. The number of anilines is 1. The van der Waals surface area contributed by atoms with Gasteiger partial charge in [-0.3, -0.25) is 24.0 Å². The number of hydrogen-bond acceptors (Lipinski definition) is 7. The molecule has 14 heteroatoms. The molecule has 11 nitrogen and oxygen atoms in total. The van der Waals surface area contributed by atoms with E-state index in [0.29, 0.717) is 10.6 Å². The predicted octanol–water partition coefficient (Wildman–Crippen LogP) is 6.28. The van der Waals surface area contributed by atoms with Gasteiger partial charge in [0.25, 0.3) is 15.7 Å². The summed E-state index contributed by atoms with van der Waals surface area (Å²) in [5.74, 6) is -0.922. The second-order valence-electron chi connectivity index (χ2n) is 11.1. The first-order chi connectivity index (χ1) is 21.8. The SMILES string of the molecule is CCC(C(=O)NC1CCCC1)N(Cc1ccc(Cl)cc1)C(=O)CN(c1cc(Cl)ccc1OC)S(=O)(=O)c1ccc(C)c([N+](=O)[O-])c1. The molecule has 0 aliphatic heterocycles. The molecule has 1 unspecified atom stereocenters. The van der Waals surface area contributed by atoms with E-state index >= 15 is 0 Å². The molecule has 0 spiro atoms. The fraction of sp³-hybridized carbons (Fsp3) is 0.375. The molecule has 0 heterocycles. The molecule has 1 saturated carbocycles. The number of carbonyl (C=O) groups is 2. The number of methoxy groups -OCH3 is 1. The summed E-state index contributed by atoms with van der Waals surface area (Å²) in [6.07, 6.45) is 3.95. The Morgan fingerprint density at radius 1 is 1.04 bits per heavy atom. The smallest absolute Gasteiger partial charge is 0.273 e. The Morgan fingerprint density at radius 3 is 2.30 bits per heavy atom. The van der Waals surface area contributed by atoms with Crippen LogP contribution in [-0.4, -0.2) is 55.8 Å². The molecule has 0 saturated heterocycles. The van der Waals surface area contributed by atoms with Crippen molar-refractivity contribution in [2.45, 2.75) is 69.5 Å². The number of aryl methyl sites for hydroxylation is 1. The first-order valence-corrected chi connectivity index (χ1v) is 17.0. The minimum absolute atomic E-state index is 0.000963. The highest BCUT2D eigenvalue weighted by Crippen LogP contribution is 2.36. The van der Waals surface area contributed by atoms with Crippen LogP contribution in [0.1, 0.15) is 50.2 Å². The third kappa shape index (κ3) is 8.09. The van der Waals surface area contributed by atoms with Crippen molar-refractivity contribution in [1.82, 2.24) is 10.2 Å². The zero-order chi connectivity index (χ0) is 33.6. The molecule has 0 bridgehead atoms. The summed E-state index contributed by atoms with van der Waals surface area (Å²) >= 11 is 12.4. The molecule has 1 aliphatic rings. The number of rotatable bonds is 13. The Balaban J connectivity index is 1.81. The third-order valence-electron chi connectivity index (χ3n) is 8.01. The van der Waals surface area contributed by atoms with Gasteiger partial charge in [0.15, 0.2) is 0 Å². The number of nitrogens with one attached hydrogen (secondary N) is 1. The molecular weight excluding hydrogens is 655 g/mol. The fourth-order valence-corrected chi connectivity index (χ4v) is 7.25. The van der Waals surface area contributed by atoms with Crippen LogP contribution in [0.3, 0.4) is 0 Å². The summed E-state index contributed by atoms with van der Waals surface area (Å²) in [5, 5.41) is 15.4. The number of halogens is 2. The van der Waals surface area contributed by atoms with Crippen molar-refractivity contribution >= 4 is 56.4 Å². The normalized spacial score (nSPS) is 14.0. The van der Waals surface area contributed by atoms with Gasteiger partial charge in [0.2, 0.25) is 11.8 Å². The average Bonchev–Trinajstić information content (AvgIpc) is 3.53. The van der Waals surface area contributed by atoms with Gasteiger partial charge in [0, 0.05) is 34.3 Å². The predicted molar refractivity (Wildman–Crippen MR) is 177 cm³/mol. The van der Waals surface area contributed by atoms with E-state index < -0.39 is 44.0 Å². The summed E-state index contributed by atoms with van der Waals surface area (Å²) in [6.45, 7) is 2.50. The van der Waals surface area contributed by atoms with E-state index in [4.69, 9.17) is 27.9 Å². The number of nitro benzene ring substituents is 1. The van der Waals surface area contributed by atoms with Crippen molar-refractivity contribution in [3.63, 3.8) is 0 Å². The van der Waals surface area contributed by atoms with E-state index in [1.165, 1.54) is 49.3 Å². The Kier molecular flexibility index (Phi) is 11.5. The van der Waals surface area contributed by atoms with Crippen molar-refractivity contribution < 1.29 is 27.7 Å². The Labute approximate surface area is 278 Å². The van der Waals surface area contributed by atoms with Gasteiger partial charge in [-0.05, 0) is 68.1 Å². The van der Waals surface area contributed by atoms with Gasteiger partial charge >= 0.3 is 0 Å². The second-order valence-corrected chi connectivity index (χ2v) is 13.8. The standard InChI is InChI=1S/C32H36Cl2N4O7S/c1-4-27(32(40)35-25-7-5-6-8-25)36(19-22-10-12-23(33)13-11-22)31(39)20-37(29-17-24(34)14-16-30(29)45-3)46(43,44)26-15-9-21(2)28(18-26)38(41)42/h9-18,25,27H,4-8,19-20H2,1-3H3,(H,35,40). The molecule has 1 atom stereocenters. The molecule has 1 N–H and O–H groups in total. The first-order valence-electron chi connectivity index (χ1n) is 14.8. The van der Waals surface area contributed by atoms with Crippen molar-refractivity contribution in [3.8, 4) is 5.75 Å². The maximum absolute atomic E-state index is 14.4. The van der Waals surface area contributed by atoms with Crippen LogP contribution >= 0.6 is 23.2 Å². The second kappa shape index (κ2) is 15.1. The molecule has 3 aromatic carbocycles. The third-order valence-corrected chi connectivity index (χ3v) is 10.3. The summed E-state index contributed by atoms with van der Waals surface area (Å²) in [4.78, 5) is 39.9. The molecule has 0 radical (unpaired) electrons. The Morgan fingerprint density at radius 2 is 1.70 bits per heavy atom. The van der Waals surface area contributed by atoms with Crippen LogP contribution in [0.2, 0.25) is 10.0 Å². The number of nitro groups is 1. The van der Waals surface area contributed by atoms with E-state index in [0.717, 1.165) is 36.1 Å². The minimum atomic E-state index is -4.63. The van der Waals surface area contributed by atoms with E-state index in [1.54, 1.807) is 31.2 Å². The number of sulfonamides is 1. The van der Waals surface area contributed by atoms with E-state index in [-0.39, 0.29) is 46.9 Å². The van der Waals surface area contributed by atoms with Gasteiger partial charge in [-0.15, -0.1) is 0 Å². The number of benzene rings is 3. The van der Waals surface area contributed by atoms with Crippen molar-refractivity contribution in [3.05, 3.63) is 92.0 Å². The van der Waals surface area contributed by atoms with Crippen LogP contribution < -0.4 is 14.4 Å². The largest absolute Gasteiger partial charge is 0.495 e. The van der Waals surface area contributed by atoms with Crippen molar-refractivity contribution in [2.24, 2.45) is 0 Å². The van der Waals surface area contributed by atoms with Crippen molar-refractivity contribution in [2.75, 3.05) is 18.0 Å². The van der Waals surface area contributed by atoms with Gasteiger partial charge in [-0.1, -0.05) is 61.2 Å². The Bertz CT molecular complexity index is 1700. The maximum Gasteiger partial charge on any atom is 0.273 e. The van der Waals surface area contributed by atoms with Crippen LogP contribution in [0.5, 0.6) is 5.75 Å². The van der Waals surface area contributed by atoms with Crippen LogP contribution in [-0.2, 0) is 26.2 Å². The molecule has 2 amide bonds. The van der Waals surface area contributed by atoms with Crippen molar-refractivity contribution in [1.29, 1.82) is 0 Å². The molecule has 1 aliphatic carbocycles. The van der Waals surface area contributed by atoms with E-state index in [2.05, 4.69) is 5.32 Å². The molecule has 4 rings (SSSR count). The van der Waals surface area contributed by atoms with Gasteiger partial charge in [-0.25, -0.2) is 8.42 Å². The molecule has 0 aromatic heterocycles. The van der Waals surface area contributed by atoms with Gasteiger partial charge in [-0.2, -0.15) is 0 Å². The summed E-state index contributed by atoms with van der Waals surface area (Å²) < 4.78 is 34.9. The number of hydrogen-bond donors (Lipinski definition) is 1. The molecule has 46 heavy (non-hydrogen) atoms. The van der Waals surface area contributed by atoms with Gasteiger partial charge < -0.3 is 15.0 Å². The lowest BCUT2D eigenvalue weighted by Gasteiger charge is -2.34. The van der Waals surface area contributed by atoms with Crippen LogP contribution in [0.15, 0.2) is 65.6 Å². The van der Waals surface area contributed by atoms with E-state index in [9.17, 15) is 28.1 Å². The van der Waals surface area contributed by atoms with Gasteiger partial charge in [0.1, 0.15) is 18.3 Å². The average molecular weight is 692 g/mol. The van der Waals surface area contributed by atoms with Gasteiger partial charge in [0.05, 0.1) is 22.6 Å². The Hall–Kier alpha value is -3.87. The highest BCUT2D eigenvalue weighted by molar-refractivity contribution is 7.92. The fourth-order valence-electron chi connectivity index (χ4n) is 5.52. The summed E-state index contributed by atoms with van der Waals surface area (Å²) in [6, 6.07) is 13.7.